The van der Waals surface area contributed by atoms with Crippen molar-refractivity contribution < 1.29 is 4.79 Å². The summed E-state index contributed by atoms with van der Waals surface area (Å²) in [4.78, 5) is 16.3. The van der Waals surface area contributed by atoms with Crippen LogP contribution in [0, 0.1) is 0 Å². The van der Waals surface area contributed by atoms with Crippen molar-refractivity contribution in [1.82, 2.24) is 9.80 Å². The van der Waals surface area contributed by atoms with Gasteiger partial charge in [0.05, 0.1) is 0 Å². The van der Waals surface area contributed by atoms with Gasteiger partial charge in [-0.05, 0) is 19.8 Å². The molecule has 2 heterocycles. The predicted molar refractivity (Wildman–Crippen MR) is 64.3 cm³/mol. The molecule has 2 fully saturated rings. The van der Waals surface area contributed by atoms with E-state index < -0.39 is 0 Å². The van der Waals surface area contributed by atoms with Crippen LogP contribution >= 0.6 is 11.8 Å². The summed E-state index contributed by atoms with van der Waals surface area (Å²) in [6.45, 7) is 7.24. The molecule has 2 rings (SSSR count). The van der Waals surface area contributed by atoms with Crippen LogP contribution in [0.25, 0.3) is 0 Å². The summed E-state index contributed by atoms with van der Waals surface area (Å²) in [7, 11) is 0. The Bertz CT molecular complexity index is 241. The normalized spacial score (nSPS) is 32.1. The smallest absolute Gasteiger partial charge is 0.320 e. The van der Waals surface area contributed by atoms with E-state index in [9.17, 15) is 4.79 Å². The number of hydrogen-bond acceptors (Lipinski definition) is 2. The van der Waals surface area contributed by atoms with Crippen molar-refractivity contribution in [2.75, 3.05) is 25.4 Å². The van der Waals surface area contributed by atoms with Crippen LogP contribution in [0.2, 0.25) is 0 Å². The molecule has 0 spiro atoms. The van der Waals surface area contributed by atoms with E-state index in [-0.39, 0.29) is 6.03 Å². The largest absolute Gasteiger partial charge is 0.325 e. The van der Waals surface area contributed by atoms with Crippen LogP contribution in [0.3, 0.4) is 0 Å². The molecular weight excluding hydrogens is 208 g/mol. The van der Waals surface area contributed by atoms with Gasteiger partial charge in [-0.1, -0.05) is 6.92 Å². The molecule has 0 aliphatic carbocycles. The zero-order chi connectivity index (χ0) is 10.8. The van der Waals surface area contributed by atoms with Crippen LogP contribution in [0.4, 0.5) is 4.79 Å². The van der Waals surface area contributed by atoms with E-state index in [4.69, 9.17) is 0 Å². The Morgan fingerprint density at radius 2 is 1.87 bits per heavy atom. The first-order chi connectivity index (χ1) is 7.20. The van der Waals surface area contributed by atoms with Gasteiger partial charge in [-0.25, -0.2) is 4.79 Å². The predicted octanol–water partition coefficient (Wildman–Crippen LogP) is 2.03. The van der Waals surface area contributed by atoms with Crippen molar-refractivity contribution in [3.8, 4) is 0 Å². The van der Waals surface area contributed by atoms with Gasteiger partial charge in [0.15, 0.2) is 0 Å². The highest BCUT2D eigenvalue weighted by Gasteiger charge is 2.32. The lowest BCUT2D eigenvalue weighted by molar-refractivity contribution is 0.146. The van der Waals surface area contributed by atoms with E-state index in [1.54, 1.807) is 0 Å². The maximum Gasteiger partial charge on any atom is 0.320 e. The first-order valence-corrected chi connectivity index (χ1v) is 6.92. The number of hydrogen-bond donors (Lipinski definition) is 0. The highest BCUT2D eigenvalue weighted by Crippen LogP contribution is 2.25. The molecule has 0 aromatic heterocycles. The fourth-order valence-electron chi connectivity index (χ4n) is 2.29. The van der Waals surface area contributed by atoms with Crippen LogP contribution in [-0.4, -0.2) is 52.5 Å². The molecule has 2 atom stereocenters. The molecule has 0 bridgehead atoms. The van der Waals surface area contributed by atoms with Crippen LogP contribution < -0.4 is 0 Å². The highest BCUT2D eigenvalue weighted by atomic mass is 32.2. The zero-order valence-electron chi connectivity index (χ0n) is 9.61. The molecule has 0 N–H and O–H groups in total. The van der Waals surface area contributed by atoms with Crippen molar-refractivity contribution in [3.63, 3.8) is 0 Å². The molecule has 2 amide bonds. The van der Waals surface area contributed by atoms with Gasteiger partial charge in [0.25, 0.3) is 0 Å². The van der Waals surface area contributed by atoms with Gasteiger partial charge < -0.3 is 9.80 Å². The van der Waals surface area contributed by atoms with Gasteiger partial charge in [0.1, 0.15) is 0 Å². The van der Waals surface area contributed by atoms with Crippen molar-refractivity contribution in [2.45, 2.75) is 38.0 Å². The average Bonchev–Trinajstić information content (AvgIpc) is 2.74. The van der Waals surface area contributed by atoms with Crippen LogP contribution in [-0.2, 0) is 0 Å². The van der Waals surface area contributed by atoms with E-state index >= 15 is 0 Å². The lowest BCUT2D eigenvalue weighted by Crippen LogP contribution is -2.52. The summed E-state index contributed by atoms with van der Waals surface area (Å²) in [5.41, 5.74) is 0. The van der Waals surface area contributed by atoms with E-state index in [1.165, 1.54) is 12.8 Å². The first-order valence-electron chi connectivity index (χ1n) is 5.87. The Kier molecular flexibility index (Phi) is 3.44. The van der Waals surface area contributed by atoms with E-state index in [1.807, 2.05) is 16.7 Å². The van der Waals surface area contributed by atoms with Crippen LogP contribution in [0.1, 0.15) is 26.7 Å². The maximum atomic E-state index is 12.2. The zero-order valence-corrected chi connectivity index (χ0v) is 10.4. The number of thioether (sulfide) groups is 1. The number of urea groups is 1. The van der Waals surface area contributed by atoms with E-state index in [0.29, 0.717) is 11.3 Å². The van der Waals surface area contributed by atoms with Gasteiger partial charge in [-0.15, -0.1) is 0 Å². The molecule has 2 unspecified atom stereocenters. The van der Waals surface area contributed by atoms with Crippen molar-refractivity contribution >= 4 is 17.8 Å². The molecule has 4 heteroatoms. The second kappa shape index (κ2) is 4.64. The Hall–Kier alpha value is -0.380. The third-order valence-corrected chi connectivity index (χ3v) is 4.84. The van der Waals surface area contributed by atoms with Crippen molar-refractivity contribution in [2.24, 2.45) is 0 Å². The topological polar surface area (TPSA) is 23.6 Å². The molecule has 3 nitrogen and oxygen atoms in total. The quantitative estimate of drug-likeness (QED) is 0.633. The molecular formula is C11H20N2OS. The third-order valence-electron chi connectivity index (χ3n) is 3.51. The Morgan fingerprint density at radius 1 is 1.20 bits per heavy atom. The number of carbonyl (C=O) groups excluding carboxylic acids is 1. The molecule has 0 radical (unpaired) electrons. The molecule has 2 saturated heterocycles. The van der Waals surface area contributed by atoms with Gasteiger partial charge in [-0.2, -0.15) is 11.8 Å². The molecule has 0 aromatic carbocycles. The second-order valence-corrected chi connectivity index (χ2v) is 5.97. The Balaban J connectivity index is 1.98. The SMILES string of the molecule is CC1SCCN(C(=O)N2CCCC2)C1C. The number of rotatable bonds is 0. The number of carbonyl (C=O) groups is 1. The summed E-state index contributed by atoms with van der Waals surface area (Å²) in [6.07, 6.45) is 2.36. The fourth-order valence-corrected chi connectivity index (χ4v) is 3.39. The summed E-state index contributed by atoms with van der Waals surface area (Å²) >= 11 is 1.98. The standard InChI is InChI=1S/C11H20N2OS/c1-9-10(2)15-8-7-13(9)11(14)12-5-3-4-6-12/h9-10H,3-8H2,1-2H3. The molecule has 2 aliphatic rings. The Morgan fingerprint density at radius 3 is 2.53 bits per heavy atom. The third kappa shape index (κ3) is 2.25. The number of amides is 2. The summed E-state index contributed by atoms with van der Waals surface area (Å²) < 4.78 is 0. The summed E-state index contributed by atoms with van der Waals surface area (Å²) in [6, 6.07) is 0.656. The molecule has 0 aromatic rings. The van der Waals surface area contributed by atoms with Crippen molar-refractivity contribution in [3.05, 3.63) is 0 Å². The summed E-state index contributed by atoms with van der Waals surface area (Å²) in [5.74, 6) is 1.09. The fraction of sp³-hybridized carbons (Fsp3) is 0.909. The lowest BCUT2D eigenvalue weighted by Gasteiger charge is -2.39. The van der Waals surface area contributed by atoms with Crippen molar-refractivity contribution in [1.29, 1.82) is 0 Å². The minimum Gasteiger partial charge on any atom is -0.325 e. The molecule has 86 valence electrons. The molecule has 0 saturated carbocycles. The van der Waals surface area contributed by atoms with Gasteiger partial charge >= 0.3 is 6.03 Å². The minimum absolute atomic E-state index is 0.271. The Labute approximate surface area is 96.2 Å². The van der Waals surface area contributed by atoms with Crippen LogP contribution in [0.5, 0.6) is 0 Å². The number of likely N-dealkylation sites (tertiary alicyclic amines) is 1. The highest BCUT2D eigenvalue weighted by molar-refractivity contribution is 8.00. The van der Waals surface area contributed by atoms with Gasteiger partial charge in [0, 0.05) is 36.7 Å². The van der Waals surface area contributed by atoms with E-state index in [2.05, 4.69) is 18.7 Å². The lowest BCUT2D eigenvalue weighted by atomic mass is 10.2. The van der Waals surface area contributed by atoms with Gasteiger partial charge in [0.2, 0.25) is 0 Å². The second-order valence-electron chi connectivity index (χ2n) is 4.49. The van der Waals surface area contributed by atoms with E-state index in [0.717, 1.165) is 25.4 Å². The number of nitrogens with zero attached hydrogens (tertiary/aromatic N) is 2. The van der Waals surface area contributed by atoms with Crippen LogP contribution in [0.15, 0.2) is 0 Å². The first kappa shape index (κ1) is 11.1. The minimum atomic E-state index is 0.271. The molecule has 15 heavy (non-hydrogen) atoms. The monoisotopic (exact) mass is 228 g/mol. The summed E-state index contributed by atoms with van der Waals surface area (Å²) in [5, 5.41) is 0.574. The average molecular weight is 228 g/mol. The molecule has 2 aliphatic heterocycles. The maximum absolute atomic E-state index is 12.2. The van der Waals surface area contributed by atoms with Gasteiger partial charge in [-0.3, -0.25) is 0 Å².